The Morgan fingerprint density at radius 1 is 1.25 bits per heavy atom. The van der Waals surface area contributed by atoms with Crippen molar-refractivity contribution in [2.24, 2.45) is 0 Å². The number of likely N-dealkylation sites (N-methyl/N-ethyl adjacent to an activating group) is 1. The average Bonchev–Trinajstić information content (AvgIpc) is 2.65. The van der Waals surface area contributed by atoms with Crippen LogP contribution in [0.5, 0.6) is 0 Å². The van der Waals surface area contributed by atoms with E-state index < -0.39 is 15.4 Å². The van der Waals surface area contributed by atoms with Gasteiger partial charge in [0, 0.05) is 13.6 Å². The van der Waals surface area contributed by atoms with Gasteiger partial charge in [-0.1, -0.05) is 0 Å². The lowest BCUT2D eigenvalue weighted by molar-refractivity contribution is -0.121. The maximum atomic E-state index is 12.6. The van der Waals surface area contributed by atoms with Crippen LogP contribution in [-0.4, -0.2) is 53.5 Å². The Hall–Kier alpha value is -1.44. The van der Waals surface area contributed by atoms with Crippen LogP contribution < -0.4 is 9.62 Å². The zero-order valence-electron chi connectivity index (χ0n) is 15.3. The van der Waals surface area contributed by atoms with Crippen LogP contribution in [0.25, 0.3) is 0 Å². The zero-order valence-corrected chi connectivity index (χ0v) is 16.1. The standard InChI is InChI=1S/C17H27N3O3S/c1-12-10-13(24(22,23)18-8-7-9-19(4)5)11-14-15(12)20(6)16(21)17(14,2)3/h10-11,18H,7-9H2,1-6H3. The number of nitrogens with zero attached hydrogens (tertiary/aromatic N) is 2. The van der Waals surface area contributed by atoms with Crippen LogP contribution in [0.1, 0.15) is 31.4 Å². The molecule has 1 amide bonds. The van der Waals surface area contributed by atoms with Gasteiger partial charge >= 0.3 is 0 Å². The summed E-state index contributed by atoms with van der Waals surface area (Å²) in [6.45, 7) is 6.71. The first kappa shape index (κ1) is 18.9. The van der Waals surface area contributed by atoms with Crippen LogP contribution in [0.15, 0.2) is 17.0 Å². The Bertz CT molecular complexity index is 755. The molecule has 24 heavy (non-hydrogen) atoms. The number of hydrogen-bond donors (Lipinski definition) is 1. The first-order chi connectivity index (χ1) is 11.0. The smallest absolute Gasteiger partial charge is 0.240 e. The molecule has 1 heterocycles. The number of carbonyl (C=O) groups excluding carboxylic acids is 1. The summed E-state index contributed by atoms with van der Waals surface area (Å²) in [7, 11) is 2.05. The van der Waals surface area contributed by atoms with Gasteiger partial charge in [0.25, 0.3) is 0 Å². The van der Waals surface area contributed by atoms with E-state index in [1.165, 1.54) is 0 Å². The van der Waals surface area contributed by atoms with Crippen LogP contribution >= 0.6 is 0 Å². The zero-order chi connectivity index (χ0) is 18.3. The third-order valence-corrected chi connectivity index (χ3v) is 5.95. The molecule has 0 atom stereocenters. The number of sulfonamides is 1. The molecule has 0 aromatic heterocycles. The minimum absolute atomic E-state index is 0.0194. The lowest BCUT2D eigenvalue weighted by Gasteiger charge is -2.17. The molecule has 1 aromatic rings. The van der Waals surface area contributed by atoms with Gasteiger partial charge in [-0.2, -0.15) is 0 Å². The van der Waals surface area contributed by atoms with E-state index in [0.29, 0.717) is 6.54 Å². The number of aryl methyl sites for hydroxylation is 1. The van der Waals surface area contributed by atoms with Gasteiger partial charge in [0.15, 0.2) is 0 Å². The van der Waals surface area contributed by atoms with Crippen LogP contribution in [0, 0.1) is 6.92 Å². The Morgan fingerprint density at radius 2 is 1.88 bits per heavy atom. The highest BCUT2D eigenvalue weighted by Gasteiger charge is 2.43. The summed E-state index contributed by atoms with van der Waals surface area (Å²) in [5.74, 6) is -0.0194. The minimum Gasteiger partial charge on any atom is -0.314 e. The fourth-order valence-electron chi connectivity index (χ4n) is 3.14. The second kappa shape index (κ2) is 6.46. The predicted octanol–water partition coefficient (Wildman–Crippen LogP) is 1.48. The lowest BCUT2D eigenvalue weighted by Crippen LogP contribution is -2.33. The molecule has 0 bridgehead atoms. The van der Waals surface area contributed by atoms with Crippen molar-refractivity contribution in [1.82, 2.24) is 9.62 Å². The van der Waals surface area contributed by atoms with E-state index in [0.717, 1.165) is 29.8 Å². The van der Waals surface area contributed by atoms with E-state index in [1.54, 1.807) is 24.1 Å². The van der Waals surface area contributed by atoms with Crippen LogP contribution in [0.2, 0.25) is 0 Å². The number of amides is 1. The van der Waals surface area contributed by atoms with Crippen LogP contribution in [-0.2, 0) is 20.2 Å². The molecule has 7 heteroatoms. The highest BCUT2D eigenvalue weighted by molar-refractivity contribution is 7.89. The molecule has 1 N–H and O–H groups in total. The van der Waals surface area contributed by atoms with Crippen molar-refractivity contribution in [2.45, 2.75) is 37.5 Å². The molecule has 1 aromatic carbocycles. The Balaban J connectivity index is 2.32. The summed E-state index contributed by atoms with van der Waals surface area (Å²) in [5, 5.41) is 0. The maximum Gasteiger partial charge on any atom is 0.240 e. The van der Waals surface area contributed by atoms with Gasteiger partial charge < -0.3 is 9.80 Å². The van der Waals surface area contributed by atoms with Crippen molar-refractivity contribution in [2.75, 3.05) is 39.1 Å². The topological polar surface area (TPSA) is 69.7 Å². The number of carbonyl (C=O) groups is 1. The molecule has 1 aliphatic heterocycles. The largest absolute Gasteiger partial charge is 0.314 e. The number of rotatable bonds is 6. The Kier molecular flexibility index (Phi) is 5.09. The van der Waals surface area contributed by atoms with Crippen molar-refractivity contribution in [1.29, 1.82) is 0 Å². The molecule has 0 saturated carbocycles. The first-order valence-corrected chi connectivity index (χ1v) is 9.54. The fraction of sp³-hybridized carbons (Fsp3) is 0.588. The molecule has 0 radical (unpaired) electrons. The van der Waals surface area contributed by atoms with E-state index in [4.69, 9.17) is 0 Å². The van der Waals surface area contributed by atoms with Crippen LogP contribution in [0.4, 0.5) is 5.69 Å². The third kappa shape index (κ3) is 3.34. The monoisotopic (exact) mass is 353 g/mol. The Labute approximate surface area is 144 Å². The average molecular weight is 353 g/mol. The highest BCUT2D eigenvalue weighted by Crippen LogP contribution is 2.43. The number of nitrogens with one attached hydrogen (secondary N) is 1. The molecule has 0 spiro atoms. The number of benzene rings is 1. The molecule has 0 saturated heterocycles. The van der Waals surface area contributed by atoms with Gasteiger partial charge in [-0.05, 0) is 71.1 Å². The summed E-state index contributed by atoms with van der Waals surface area (Å²) in [6, 6.07) is 3.27. The van der Waals surface area contributed by atoms with E-state index in [9.17, 15) is 13.2 Å². The molecular formula is C17H27N3O3S. The highest BCUT2D eigenvalue weighted by atomic mass is 32.2. The van der Waals surface area contributed by atoms with Crippen molar-refractivity contribution < 1.29 is 13.2 Å². The summed E-state index contributed by atoms with van der Waals surface area (Å²) >= 11 is 0. The summed E-state index contributed by atoms with van der Waals surface area (Å²) in [5.41, 5.74) is 1.66. The molecule has 0 unspecified atom stereocenters. The van der Waals surface area contributed by atoms with E-state index in [-0.39, 0.29) is 10.8 Å². The van der Waals surface area contributed by atoms with Crippen LogP contribution in [0.3, 0.4) is 0 Å². The molecule has 2 rings (SSSR count). The summed E-state index contributed by atoms with van der Waals surface area (Å²) in [4.78, 5) is 16.3. The van der Waals surface area contributed by atoms with Gasteiger partial charge in [-0.25, -0.2) is 13.1 Å². The number of anilines is 1. The lowest BCUT2D eigenvalue weighted by atomic mass is 9.85. The Morgan fingerprint density at radius 3 is 2.46 bits per heavy atom. The predicted molar refractivity (Wildman–Crippen MR) is 96.0 cm³/mol. The van der Waals surface area contributed by atoms with Gasteiger partial charge in [0.05, 0.1) is 16.0 Å². The third-order valence-electron chi connectivity index (χ3n) is 4.51. The number of fused-ring (bicyclic) bond motifs is 1. The molecular weight excluding hydrogens is 326 g/mol. The van der Waals surface area contributed by atoms with Crippen molar-refractivity contribution in [3.8, 4) is 0 Å². The quantitative estimate of drug-likeness (QED) is 0.787. The van der Waals surface area contributed by atoms with Gasteiger partial charge in [-0.3, -0.25) is 4.79 Å². The SMILES string of the molecule is Cc1cc(S(=O)(=O)NCCCN(C)C)cc2c1N(C)C(=O)C2(C)C. The van der Waals surface area contributed by atoms with Crippen molar-refractivity contribution in [3.05, 3.63) is 23.3 Å². The second-order valence-electron chi connectivity index (χ2n) is 7.18. The normalized spacial score (nSPS) is 16.8. The van der Waals surface area contributed by atoms with Gasteiger partial charge in [0.1, 0.15) is 0 Å². The van der Waals surface area contributed by atoms with Crippen molar-refractivity contribution >= 4 is 21.6 Å². The molecule has 0 fully saturated rings. The van der Waals surface area contributed by atoms with Crippen molar-refractivity contribution in [3.63, 3.8) is 0 Å². The fourth-order valence-corrected chi connectivity index (χ4v) is 4.33. The van der Waals surface area contributed by atoms with E-state index in [1.807, 2.05) is 39.8 Å². The second-order valence-corrected chi connectivity index (χ2v) is 8.95. The summed E-state index contributed by atoms with van der Waals surface area (Å²) in [6.07, 6.45) is 0.739. The van der Waals surface area contributed by atoms with E-state index >= 15 is 0 Å². The number of hydrogen-bond acceptors (Lipinski definition) is 4. The molecule has 1 aliphatic rings. The molecule has 134 valence electrons. The maximum absolute atomic E-state index is 12.6. The molecule has 0 aliphatic carbocycles. The summed E-state index contributed by atoms with van der Waals surface area (Å²) < 4.78 is 27.8. The minimum atomic E-state index is -3.59. The first-order valence-electron chi connectivity index (χ1n) is 8.06. The van der Waals surface area contributed by atoms with Gasteiger partial charge in [0.2, 0.25) is 15.9 Å². The van der Waals surface area contributed by atoms with E-state index in [2.05, 4.69) is 4.72 Å². The van der Waals surface area contributed by atoms with Gasteiger partial charge in [-0.15, -0.1) is 0 Å². The molecule has 6 nitrogen and oxygen atoms in total.